The van der Waals surface area contributed by atoms with E-state index in [9.17, 15) is 8.78 Å². The van der Waals surface area contributed by atoms with E-state index < -0.39 is 11.6 Å². The summed E-state index contributed by atoms with van der Waals surface area (Å²) in [6, 6.07) is 3.32. The van der Waals surface area contributed by atoms with E-state index >= 15 is 0 Å². The molecule has 23 heavy (non-hydrogen) atoms. The topological polar surface area (TPSA) is 62.5 Å². The molecule has 0 radical (unpaired) electrons. The van der Waals surface area contributed by atoms with Crippen LogP contribution in [0.2, 0.25) is 0 Å². The first kappa shape index (κ1) is 16.9. The summed E-state index contributed by atoms with van der Waals surface area (Å²) >= 11 is 0. The fourth-order valence-electron chi connectivity index (χ4n) is 1.94. The summed E-state index contributed by atoms with van der Waals surface area (Å²) < 4.78 is 32.2. The van der Waals surface area contributed by atoms with E-state index in [1.54, 1.807) is 0 Å². The molecule has 0 aliphatic carbocycles. The third-order valence-electron chi connectivity index (χ3n) is 3.24. The molecule has 2 rings (SSSR count). The molecule has 0 aliphatic heterocycles. The third kappa shape index (κ3) is 4.77. The molecule has 0 unspecified atom stereocenters. The Labute approximate surface area is 133 Å². The Morgan fingerprint density at radius 2 is 2.04 bits per heavy atom. The van der Waals surface area contributed by atoms with Crippen molar-refractivity contribution in [2.75, 3.05) is 6.54 Å². The predicted molar refractivity (Wildman–Crippen MR) is 84.0 cm³/mol. The van der Waals surface area contributed by atoms with E-state index in [1.165, 1.54) is 0 Å². The molecule has 2 aromatic rings. The van der Waals surface area contributed by atoms with Crippen molar-refractivity contribution in [3.05, 3.63) is 52.7 Å². The maximum atomic E-state index is 13.6. The van der Waals surface area contributed by atoms with Crippen molar-refractivity contribution in [1.82, 2.24) is 15.6 Å². The van der Waals surface area contributed by atoms with Gasteiger partial charge in [-0.2, -0.15) is 0 Å². The molecule has 7 heteroatoms. The summed E-state index contributed by atoms with van der Waals surface area (Å²) in [5, 5.41) is 6.08. The van der Waals surface area contributed by atoms with Gasteiger partial charge in [0.1, 0.15) is 17.4 Å². The SMILES string of the molecule is CCNC(=NCc1cc(F)ccc1F)NCc1nc(C)c(C)o1. The monoisotopic (exact) mass is 322 g/mol. The van der Waals surface area contributed by atoms with E-state index in [1.807, 2.05) is 20.8 Å². The number of nitrogens with zero attached hydrogens (tertiary/aromatic N) is 2. The molecule has 1 heterocycles. The van der Waals surface area contributed by atoms with Gasteiger partial charge < -0.3 is 15.1 Å². The summed E-state index contributed by atoms with van der Waals surface area (Å²) in [6.07, 6.45) is 0. The zero-order valence-corrected chi connectivity index (χ0v) is 13.4. The number of benzene rings is 1. The third-order valence-corrected chi connectivity index (χ3v) is 3.24. The van der Waals surface area contributed by atoms with Crippen molar-refractivity contribution in [2.24, 2.45) is 4.99 Å². The van der Waals surface area contributed by atoms with Crippen LogP contribution in [0.1, 0.15) is 29.8 Å². The van der Waals surface area contributed by atoms with Gasteiger partial charge in [0.25, 0.3) is 0 Å². The van der Waals surface area contributed by atoms with Crippen LogP contribution in [0.15, 0.2) is 27.6 Å². The van der Waals surface area contributed by atoms with Crippen molar-refractivity contribution in [1.29, 1.82) is 0 Å². The van der Waals surface area contributed by atoms with Crippen LogP contribution in [0, 0.1) is 25.5 Å². The van der Waals surface area contributed by atoms with Crippen LogP contribution in [0.25, 0.3) is 0 Å². The molecule has 0 spiro atoms. The van der Waals surface area contributed by atoms with Gasteiger partial charge in [0.05, 0.1) is 18.8 Å². The smallest absolute Gasteiger partial charge is 0.214 e. The Morgan fingerprint density at radius 1 is 1.26 bits per heavy atom. The second-order valence-electron chi connectivity index (χ2n) is 5.03. The van der Waals surface area contributed by atoms with Crippen LogP contribution in [0.4, 0.5) is 8.78 Å². The van der Waals surface area contributed by atoms with E-state index in [-0.39, 0.29) is 12.1 Å². The molecule has 0 amide bonds. The van der Waals surface area contributed by atoms with Crippen LogP contribution in [-0.4, -0.2) is 17.5 Å². The van der Waals surface area contributed by atoms with Gasteiger partial charge in [0.2, 0.25) is 5.89 Å². The summed E-state index contributed by atoms with van der Waals surface area (Å²) in [6.45, 7) is 6.65. The van der Waals surface area contributed by atoms with Gasteiger partial charge in [-0.3, -0.25) is 0 Å². The number of halogens is 2. The minimum absolute atomic E-state index is 0.0303. The molecule has 0 atom stereocenters. The number of aromatic nitrogens is 1. The first-order valence-corrected chi connectivity index (χ1v) is 7.38. The van der Waals surface area contributed by atoms with Gasteiger partial charge in [-0.05, 0) is 39.0 Å². The molecule has 124 valence electrons. The summed E-state index contributed by atoms with van der Waals surface area (Å²) in [5.41, 5.74) is 1.04. The Balaban J connectivity index is 2.03. The zero-order valence-electron chi connectivity index (χ0n) is 13.4. The average Bonchev–Trinajstić information content (AvgIpc) is 2.84. The van der Waals surface area contributed by atoms with E-state index in [0.717, 1.165) is 29.7 Å². The van der Waals surface area contributed by atoms with Gasteiger partial charge >= 0.3 is 0 Å². The number of oxazole rings is 1. The van der Waals surface area contributed by atoms with E-state index in [0.29, 0.717) is 24.9 Å². The standard InChI is InChI=1S/C16H20F2N4O/c1-4-19-16(21-9-15-22-10(2)11(3)23-15)20-8-12-7-13(17)5-6-14(12)18/h5-7H,4,8-9H2,1-3H3,(H2,19,20,21). The Hall–Kier alpha value is -2.44. The minimum Gasteiger partial charge on any atom is -0.444 e. The van der Waals surface area contributed by atoms with Crippen LogP contribution < -0.4 is 10.6 Å². The molecule has 1 aromatic heterocycles. The fraction of sp³-hybridized carbons (Fsp3) is 0.375. The molecule has 1 aromatic carbocycles. The molecule has 2 N–H and O–H groups in total. The fourth-order valence-corrected chi connectivity index (χ4v) is 1.94. The van der Waals surface area contributed by atoms with Crippen LogP contribution >= 0.6 is 0 Å². The lowest BCUT2D eigenvalue weighted by Crippen LogP contribution is -2.36. The molecule has 0 aliphatic rings. The van der Waals surface area contributed by atoms with Crippen molar-refractivity contribution in [3.63, 3.8) is 0 Å². The number of nitrogens with one attached hydrogen (secondary N) is 2. The highest BCUT2D eigenvalue weighted by molar-refractivity contribution is 5.79. The van der Waals surface area contributed by atoms with E-state index in [4.69, 9.17) is 4.42 Å². The number of hydrogen-bond donors (Lipinski definition) is 2. The lowest BCUT2D eigenvalue weighted by Gasteiger charge is -2.10. The minimum atomic E-state index is -0.486. The Bertz CT molecular complexity index is 678. The quantitative estimate of drug-likeness (QED) is 0.656. The van der Waals surface area contributed by atoms with Crippen molar-refractivity contribution in [2.45, 2.75) is 33.9 Å². The number of aliphatic imine (C=N–C) groups is 1. The molecular formula is C16H20F2N4O. The van der Waals surface area contributed by atoms with Gasteiger partial charge in [0, 0.05) is 12.1 Å². The lowest BCUT2D eigenvalue weighted by atomic mass is 10.2. The first-order valence-electron chi connectivity index (χ1n) is 7.38. The summed E-state index contributed by atoms with van der Waals surface area (Å²) in [4.78, 5) is 8.51. The highest BCUT2D eigenvalue weighted by atomic mass is 19.1. The second-order valence-corrected chi connectivity index (χ2v) is 5.03. The molecule has 0 bridgehead atoms. The summed E-state index contributed by atoms with van der Waals surface area (Å²) in [7, 11) is 0. The van der Waals surface area contributed by atoms with E-state index in [2.05, 4.69) is 20.6 Å². The molecular weight excluding hydrogens is 302 g/mol. The number of hydrogen-bond acceptors (Lipinski definition) is 3. The Morgan fingerprint density at radius 3 is 2.70 bits per heavy atom. The maximum absolute atomic E-state index is 13.6. The van der Waals surface area contributed by atoms with Gasteiger partial charge in [-0.1, -0.05) is 0 Å². The average molecular weight is 322 g/mol. The number of rotatable bonds is 5. The summed E-state index contributed by atoms with van der Waals surface area (Å²) in [5.74, 6) is 0.822. The van der Waals surface area contributed by atoms with Crippen molar-refractivity contribution < 1.29 is 13.2 Å². The van der Waals surface area contributed by atoms with Gasteiger partial charge in [0.15, 0.2) is 5.96 Å². The van der Waals surface area contributed by atoms with Crippen LogP contribution in [0.5, 0.6) is 0 Å². The molecule has 0 fully saturated rings. The zero-order chi connectivity index (χ0) is 16.8. The molecule has 0 saturated heterocycles. The lowest BCUT2D eigenvalue weighted by molar-refractivity contribution is 0.463. The second kappa shape index (κ2) is 7.71. The predicted octanol–water partition coefficient (Wildman–Crippen LogP) is 2.82. The normalized spacial score (nSPS) is 11.6. The molecule has 0 saturated carbocycles. The van der Waals surface area contributed by atoms with Crippen molar-refractivity contribution >= 4 is 5.96 Å². The number of aryl methyl sites for hydroxylation is 2. The Kier molecular flexibility index (Phi) is 5.67. The highest BCUT2D eigenvalue weighted by Gasteiger charge is 2.07. The van der Waals surface area contributed by atoms with Gasteiger partial charge in [-0.25, -0.2) is 18.8 Å². The highest BCUT2D eigenvalue weighted by Crippen LogP contribution is 2.11. The van der Waals surface area contributed by atoms with Crippen molar-refractivity contribution in [3.8, 4) is 0 Å². The molecule has 5 nitrogen and oxygen atoms in total. The van der Waals surface area contributed by atoms with Gasteiger partial charge in [-0.15, -0.1) is 0 Å². The number of guanidine groups is 1. The van der Waals surface area contributed by atoms with Crippen LogP contribution in [-0.2, 0) is 13.1 Å². The van der Waals surface area contributed by atoms with Crippen LogP contribution in [0.3, 0.4) is 0 Å². The maximum Gasteiger partial charge on any atom is 0.214 e. The largest absolute Gasteiger partial charge is 0.444 e. The first-order chi connectivity index (χ1) is 11.0.